The monoisotopic (exact) mass is 433 g/mol. The number of sulfonamides is 1. The van der Waals surface area contributed by atoms with Gasteiger partial charge in [0.2, 0.25) is 15.9 Å². The topological polar surface area (TPSA) is 133 Å². The molecule has 0 aromatic heterocycles. The normalized spacial score (nSPS) is 38.3. The molecule has 0 aromatic carbocycles. The van der Waals surface area contributed by atoms with Crippen LogP contribution in [0.1, 0.15) is 58.8 Å². The van der Waals surface area contributed by atoms with Gasteiger partial charge in [-0.25, -0.2) is 8.42 Å². The first-order valence-electron chi connectivity index (χ1n) is 10.8. The fourth-order valence-electron chi connectivity index (χ4n) is 4.63. The van der Waals surface area contributed by atoms with Crippen molar-refractivity contribution in [2.75, 3.05) is 5.75 Å². The second-order valence-corrected chi connectivity index (χ2v) is 11.3. The van der Waals surface area contributed by atoms with Crippen molar-refractivity contribution in [2.45, 2.75) is 89.3 Å². The summed E-state index contributed by atoms with van der Waals surface area (Å²) >= 11 is 0. The number of hydrogen-bond donors (Lipinski definition) is 4. The lowest BCUT2D eigenvalue weighted by molar-refractivity contribution is -0.225. The summed E-state index contributed by atoms with van der Waals surface area (Å²) in [5, 5.41) is 30.9. The summed E-state index contributed by atoms with van der Waals surface area (Å²) in [5.74, 6) is 0.544. The van der Waals surface area contributed by atoms with Gasteiger partial charge < -0.3 is 20.1 Å². The van der Waals surface area contributed by atoms with Gasteiger partial charge in [0.25, 0.3) is 0 Å². The molecule has 0 aromatic rings. The van der Waals surface area contributed by atoms with E-state index in [9.17, 15) is 28.5 Å². The van der Waals surface area contributed by atoms with Crippen molar-refractivity contribution in [3.05, 3.63) is 0 Å². The highest BCUT2D eigenvalue weighted by Gasteiger charge is 2.45. The summed E-state index contributed by atoms with van der Waals surface area (Å²) < 4.78 is 32.2. The van der Waals surface area contributed by atoms with Crippen molar-refractivity contribution in [1.82, 2.24) is 4.72 Å². The van der Waals surface area contributed by atoms with Gasteiger partial charge in [0.1, 0.15) is 18.3 Å². The standard InChI is InChI=1S/C20H35NO7S/c1-11(2)14-4-3-12(9-14)10-16-18(23)19(24)17(22)15(28-16)7-8-29(26,27)21-20(25)13-5-6-13/h11-19,22-24H,3-10H2,1-2H3,(H,21,25)/t12?,14?,15?,16?,17-,18-,19+/m1/s1. The zero-order chi connectivity index (χ0) is 21.3. The molecule has 1 saturated heterocycles. The van der Waals surface area contributed by atoms with Crippen LogP contribution in [0.2, 0.25) is 0 Å². The van der Waals surface area contributed by atoms with Gasteiger partial charge in [0.15, 0.2) is 0 Å². The smallest absolute Gasteiger partial charge is 0.236 e. The molecule has 168 valence electrons. The minimum Gasteiger partial charge on any atom is -0.388 e. The molecule has 0 radical (unpaired) electrons. The van der Waals surface area contributed by atoms with Crippen molar-refractivity contribution in [1.29, 1.82) is 0 Å². The van der Waals surface area contributed by atoms with Gasteiger partial charge in [0, 0.05) is 5.92 Å². The molecule has 3 aliphatic rings. The van der Waals surface area contributed by atoms with Gasteiger partial charge >= 0.3 is 0 Å². The molecule has 2 saturated carbocycles. The Morgan fingerprint density at radius 1 is 1.03 bits per heavy atom. The maximum absolute atomic E-state index is 12.1. The maximum Gasteiger partial charge on any atom is 0.236 e. The zero-order valence-electron chi connectivity index (χ0n) is 17.2. The summed E-state index contributed by atoms with van der Waals surface area (Å²) in [5.41, 5.74) is 0. The predicted octanol–water partition coefficient (Wildman–Crippen LogP) is 0.545. The van der Waals surface area contributed by atoms with Gasteiger partial charge in [-0.2, -0.15) is 0 Å². The van der Waals surface area contributed by atoms with E-state index in [2.05, 4.69) is 18.6 Å². The lowest BCUT2D eigenvalue weighted by Crippen LogP contribution is -2.58. The average Bonchev–Trinajstić information content (AvgIpc) is 3.40. The Labute approximate surface area is 173 Å². The van der Waals surface area contributed by atoms with Crippen molar-refractivity contribution < 1.29 is 33.3 Å². The second-order valence-electron chi connectivity index (χ2n) is 9.45. The van der Waals surface area contributed by atoms with Crippen LogP contribution in [0, 0.1) is 23.7 Å². The Balaban J connectivity index is 1.55. The van der Waals surface area contributed by atoms with Gasteiger partial charge in [-0.15, -0.1) is 0 Å². The predicted molar refractivity (Wildman–Crippen MR) is 106 cm³/mol. The Morgan fingerprint density at radius 2 is 1.69 bits per heavy atom. The maximum atomic E-state index is 12.1. The molecule has 3 fully saturated rings. The van der Waals surface area contributed by atoms with Gasteiger partial charge in [-0.05, 0) is 56.3 Å². The number of amides is 1. The molecule has 7 atom stereocenters. The van der Waals surface area contributed by atoms with Crippen LogP contribution >= 0.6 is 0 Å². The fourth-order valence-corrected chi connectivity index (χ4v) is 5.75. The Bertz CT molecular complexity index is 678. The minimum atomic E-state index is -3.83. The summed E-state index contributed by atoms with van der Waals surface area (Å²) in [4.78, 5) is 11.7. The molecule has 1 heterocycles. The molecule has 3 rings (SSSR count). The number of aliphatic hydroxyl groups excluding tert-OH is 3. The van der Waals surface area contributed by atoms with Crippen molar-refractivity contribution in [3.63, 3.8) is 0 Å². The lowest BCUT2D eigenvalue weighted by Gasteiger charge is -2.41. The first-order chi connectivity index (χ1) is 13.6. The summed E-state index contributed by atoms with van der Waals surface area (Å²) in [6.45, 7) is 4.41. The minimum absolute atomic E-state index is 0.0615. The summed E-state index contributed by atoms with van der Waals surface area (Å²) in [6.07, 6.45) is -0.352. The Hall–Kier alpha value is -0.740. The van der Waals surface area contributed by atoms with E-state index in [1.54, 1.807) is 0 Å². The number of carbonyl (C=O) groups excluding carboxylic acids is 1. The second kappa shape index (κ2) is 9.18. The van der Waals surface area contributed by atoms with E-state index in [0.717, 1.165) is 19.3 Å². The highest BCUT2D eigenvalue weighted by atomic mass is 32.2. The summed E-state index contributed by atoms with van der Waals surface area (Å²) in [7, 11) is -3.83. The first kappa shape index (κ1) is 22.9. The largest absolute Gasteiger partial charge is 0.388 e. The van der Waals surface area contributed by atoms with Gasteiger partial charge in [0.05, 0.1) is 18.0 Å². The molecular weight excluding hydrogens is 398 g/mol. The molecular formula is C20H35NO7S. The van der Waals surface area contributed by atoms with E-state index in [1.807, 2.05) is 0 Å². The third kappa shape index (κ3) is 5.91. The molecule has 4 N–H and O–H groups in total. The zero-order valence-corrected chi connectivity index (χ0v) is 18.1. The molecule has 1 amide bonds. The number of hydrogen-bond acceptors (Lipinski definition) is 7. The van der Waals surface area contributed by atoms with Crippen LogP contribution in [0.3, 0.4) is 0 Å². The van der Waals surface area contributed by atoms with E-state index < -0.39 is 46.5 Å². The van der Waals surface area contributed by atoms with E-state index in [1.165, 1.54) is 0 Å². The van der Waals surface area contributed by atoms with E-state index in [4.69, 9.17) is 4.74 Å². The molecule has 0 spiro atoms. The van der Waals surface area contributed by atoms with Crippen LogP contribution in [0.5, 0.6) is 0 Å². The van der Waals surface area contributed by atoms with Crippen LogP contribution in [0.4, 0.5) is 0 Å². The van der Waals surface area contributed by atoms with Crippen molar-refractivity contribution >= 4 is 15.9 Å². The molecule has 0 bridgehead atoms. The molecule has 8 nitrogen and oxygen atoms in total. The molecule has 29 heavy (non-hydrogen) atoms. The first-order valence-corrected chi connectivity index (χ1v) is 12.5. The number of aliphatic hydroxyl groups is 3. The van der Waals surface area contributed by atoms with E-state index >= 15 is 0 Å². The van der Waals surface area contributed by atoms with E-state index in [-0.39, 0.29) is 18.1 Å². The van der Waals surface area contributed by atoms with Gasteiger partial charge in [-0.1, -0.05) is 20.3 Å². The van der Waals surface area contributed by atoms with E-state index in [0.29, 0.717) is 37.0 Å². The highest BCUT2D eigenvalue weighted by Crippen LogP contribution is 2.40. The number of ether oxygens (including phenoxy) is 1. The van der Waals surface area contributed by atoms with Crippen LogP contribution in [0.15, 0.2) is 0 Å². The third-order valence-electron chi connectivity index (χ3n) is 6.78. The number of rotatable bonds is 8. The summed E-state index contributed by atoms with van der Waals surface area (Å²) in [6, 6.07) is 0. The van der Waals surface area contributed by atoms with Crippen LogP contribution in [-0.4, -0.2) is 65.9 Å². The average molecular weight is 434 g/mol. The molecule has 4 unspecified atom stereocenters. The number of nitrogens with one attached hydrogen (secondary N) is 1. The Kier molecular flexibility index (Phi) is 7.26. The van der Waals surface area contributed by atoms with Crippen molar-refractivity contribution in [2.24, 2.45) is 23.7 Å². The molecule has 9 heteroatoms. The SMILES string of the molecule is CC(C)C1CCC(CC2OC(CCS(=O)(=O)NC(=O)C3CC3)[C@@H](O)[C@H](O)[C@@H]2O)C1. The molecule has 2 aliphatic carbocycles. The third-order valence-corrected chi connectivity index (χ3v) is 8.06. The molecule has 1 aliphatic heterocycles. The quantitative estimate of drug-likeness (QED) is 0.439. The van der Waals surface area contributed by atoms with Crippen LogP contribution in [-0.2, 0) is 19.6 Å². The lowest BCUT2D eigenvalue weighted by atomic mass is 9.87. The number of carbonyl (C=O) groups is 1. The van der Waals surface area contributed by atoms with Crippen LogP contribution in [0.25, 0.3) is 0 Å². The highest BCUT2D eigenvalue weighted by molar-refractivity contribution is 7.90. The van der Waals surface area contributed by atoms with Gasteiger partial charge in [-0.3, -0.25) is 9.52 Å². The Morgan fingerprint density at radius 3 is 2.28 bits per heavy atom. The van der Waals surface area contributed by atoms with Crippen molar-refractivity contribution in [3.8, 4) is 0 Å². The fraction of sp³-hybridized carbons (Fsp3) is 0.950. The van der Waals surface area contributed by atoms with Crippen LogP contribution < -0.4 is 4.72 Å².